The van der Waals surface area contributed by atoms with Gasteiger partial charge in [0, 0.05) is 18.2 Å². The molecule has 0 radical (unpaired) electrons. The van der Waals surface area contributed by atoms with Crippen LogP contribution in [-0.4, -0.2) is 11.5 Å². The lowest BCUT2D eigenvalue weighted by molar-refractivity contribution is -0.385. The second-order valence-corrected chi connectivity index (χ2v) is 4.29. The van der Waals surface area contributed by atoms with Crippen LogP contribution in [0.2, 0.25) is 0 Å². The zero-order valence-electron chi connectivity index (χ0n) is 10.8. The number of halogens is 3. The van der Waals surface area contributed by atoms with E-state index in [-0.39, 0.29) is 24.3 Å². The number of benzene rings is 2. The summed E-state index contributed by atoms with van der Waals surface area (Å²) in [5.74, 6) is -4.12. The molecule has 0 saturated carbocycles. The average molecular weight is 296 g/mol. The third-order valence-corrected chi connectivity index (χ3v) is 2.93. The van der Waals surface area contributed by atoms with Gasteiger partial charge in [0.25, 0.3) is 5.69 Å². The maximum Gasteiger partial charge on any atom is 0.272 e. The first-order valence-corrected chi connectivity index (χ1v) is 6.10. The predicted octanol–water partition coefficient (Wildman–Crippen LogP) is 3.67. The van der Waals surface area contributed by atoms with E-state index in [2.05, 4.69) is 5.32 Å². The van der Waals surface area contributed by atoms with Crippen LogP contribution >= 0.6 is 0 Å². The van der Waals surface area contributed by atoms with Gasteiger partial charge in [-0.3, -0.25) is 10.1 Å². The zero-order valence-corrected chi connectivity index (χ0v) is 10.8. The number of hydrogen-bond donors (Lipinski definition) is 1. The van der Waals surface area contributed by atoms with E-state index in [0.29, 0.717) is 5.56 Å². The molecule has 0 heterocycles. The second-order valence-electron chi connectivity index (χ2n) is 4.29. The maximum absolute atomic E-state index is 13.4. The first-order valence-electron chi connectivity index (χ1n) is 6.10. The smallest absolute Gasteiger partial charge is 0.272 e. The number of hydrogen-bond acceptors (Lipinski definition) is 3. The Labute approximate surface area is 118 Å². The Balaban J connectivity index is 2.06. The highest BCUT2D eigenvalue weighted by Crippen LogP contribution is 2.21. The fourth-order valence-corrected chi connectivity index (χ4v) is 1.89. The van der Waals surface area contributed by atoms with Crippen molar-refractivity contribution >= 4 is 11.4 Å². The molecule has 2 rings (SSSR count). The van der Waals surface area contributed by atoms with Gasteiger partial charge in [-0.1, -0.05) is 18.2 Å². The van der Waals surface area contributed by atoms with E-state index in [1.807, 2.05) is 0 Å². The van der Waals surface area contributed by atoms with Gasteiger partial charge in [0.2, 0.25) is 0 Å². The van der Waals surface area contributed by atoms with Crippen molar-refractivity contribution in [2.24, 2.45) is 0 Å². The van der Waals surface area contributed by atoms with Crippen LogP contribution in [0.5, 0.6) is 0 Å². The van der Waals surface area contributed by atoms with Crippen molar-refractivity contribution in [2.45, 2.75) is 6.42 Å². The van der Waals surface area contributed by atoms with Gasteiger partial charge in [-0.15, -0.1) is 0 Å². The normalized spacial score (nSPS) is 10.4. The van der Waals surface area contributed by atoms with Crippen molar-refractivity contribution < 1.29 is 18.1 Å². The SMILES string of the molecule is O=[N+]([O-])c1ccccc1CCNc1ccc(F)c(F)c1F. The second kappa shape index (κ2) is 6.25. The van der Waals surface area contributed by atoms with E-state index < -0.39 is 22.4 Å². The van der Waals surface area contributed by atoms with Gasteiger partial charge in [0.1, 0.15) is 0 Å². The van der Waals surface area contributed by atoms with Gasteiger partial charge >= 0.3 is 0 Å². The third-order valence-electron chi connectivity index (χ3n) is 2.93. The zero-order chi connectivity index (χ0) is 15.4. The summed E-state index contributed by atoms with van der Waals surface area (Å²) in [5.41, 5.74) is 0.246. The van der Waals surface area contributed by atoms with Gasteiger partial charge in [0.15, 0.2) is 17.5 Å². The van der Waals surface area contributed by atoms with Crippen LogP contribution in [0.25, 0.3) is 0 Å². The Morgan fingerprint density at radius 3 is 2.48 bits per heavy atom. The van der Waals surface area contributed by atoms with Crippen LogP contribution in [0, 0.1) is 27.6 Å². The largest absolute Gasteiger partial charge is 0.382 e. The van der Waals surface area contributed by atoms with Crippen molar-refractivity contribution in [1.29, 1.82) is 0 Å². The summed E-state index contributed by atoms with van der Waals surface area (Å²) in [7, 11) is 0. The molecular formula is C14H11F3N2O2. The van der Waals surface area contributed by atoms with Crippen LogP contribution in [-0.2, 0) is 6.42 Å². The van der Waals surface area contributed by atoms with E-state index in [4.69, 9.17) is 0 Å². The minimum absolute atomic E-state index is 0.0370. The molecule has 0 aromatic heterocycles. The number of nitrogens with zero attached hydrogens (tertiary/aromatic N) is 1. The maximum atomic E-state index is 13.4. The Kier molecular flexibility index (Phi) is 4.42. The summed E-state index contributed by atoms with van der Waals surface area (Å²) in [6, 6.07) is 8.04. The van der Waals surface area contributed by atoms with Crippen LogP contribution < -0.4 is 5.32 Å². The molecule has 2 aromatic rings. The summed E-state index contributed by atoms with van der Waals surface area (Å²) in [4.78, 5) is 10.3. The molecule has 7 heteroatoms. The lowest BCUT2D eigenvalue weighted by atomic mass is 10.1. The minimum Gasteiger partial charge on any atom is -0.382 e. The Morgan fingerprint density at radius 1 is 1.05 bits per heavy atom. The number of anilines is 1. The van der Waals surface area contributed by atoms with Crippen LogP contribution in [0.4, 0.5) is 24.5 Å². The minimum atomic E-state index is -1.55. The van der Waals surface area contributed by atoms with Gasteiger partial charge in [-0.25, -0.2) is 13.2 Å². The molecule has 4 nitrogen and oxygen atoms in total. The Morgan fingerprint density at radius 2 is 1.76 bits per heavy atom. The molecule has 0 spiro atoms. The summed E-state index contributed by atoms with van der Waals surface area (Å²) >= 11 is 0. The molecule has 0 aliphatic heterocycles. The van der Waals surface area contributed by atoms with Gasteiger partial charge in [-0.2, -0.15) is 0 Å². The van der Waals surface area contributed by atoms with Crippen molar-refractivity contribution in [2.75, 3.05) is 11.9 Å². The molecular weight excluding hydrogens is 285 g/mol. The van der Waals surface area contributed by atoms with E-state index in [9.17, 15) is 23.3 Å². The molecule has 0 unspecified atom stereocenters. The fraction of sp³-hybridized carbons (Fsp3) is 0.143. The molecule has 0 bridgehead atoms. The number of rotatable bonds is 5. The highest BCUT2D eigenvalue weighted by molar-refractivity contribution is 5.46. The average Bonchev–Trinajstić information content (AvgIpc) is 2.47. The first-order chi connectivity index (χ1) is 10.0. The molecule has 21 heavy (non-hydrogen) atoms. The van der Waals surface area contributed by atoms with Gasteiger partial charge < -0.3 is 5.32 Å². The summed E-state index contributed by atoms with van der Waals surface area (Å²) in [6.45, 7) is 0.146. The molecule has 0 aliphatic carbocycles. The summed E-state index contributed by atoms with van der Waals surface area (Å²) < 4.78 is 39.2. The van der Waals surface area contributed by atoms with Crippen molar-refractivity contribution in [1.82, 2.24) is 0 Å². The van der Waals surface area contributed by atoms with Crippen LogP contribution in [0.15, 0.2) is 36.4 Å². The van der Waals surface area contributed by atoms with Gasteiger partial charge in [-0.05, 0) is 18.6 Å². The number of nitrogens with one attached hydrogen (secondary N) is 1. The number of nitro benzene ring substituents is 1. The molecule has 0 fully saturated rings. The van der Waals surface area contributed by atoms with E-state index in [0.717, 1.165) is 12.1 Å². The fourth-order valence-electron chi connectivity index (χ4n) is 1.89. The topological polar surface area (TPSA) is 55.2 Å². The highest BCUT2D eigenvalue weighted by atomic mass is 19.2. The standard InChI is InChI=1S/C14H11F3N2O2/c15-10-5-6-11(14(17)13(10)16)18-8-7-9-3-1-2-4-12(9)19(20)21/h1-6,18H,7-8H2. The number of para-hydroxylation sites is 1. The monoisotopic (exact) mass is 296 g/mol. The van der Waals surface area contributed by atoms with Crippen molar-refractivity contribution in [3.05, 3.63) is 69.5 Å². The van der Waals surface area contributed by atoms with Crippen LogP contribution in [0.3, 0.4) is 0 Å². The first kappa shape index (κ1) is 14.8. The lowest BCUT2D eigenvalue weighted by Gasteiger charge is -2.08. The lowest BCUT2D eigenvalue weighted by Crippen LogP contribution is -2.09. The van der Waals surface area contributed by atoms with Crippen LogP contribution in [0.1, 0.15) is 5.56 Å². The summed E-state index contributed by atoms with van der Waals surface area (Å²) in [6.07, 6.45) is 0.246. The number of nitro groups is 1. The van der Waals surface area contributed by atoms with E-state index in [1.165, 1.54) is 6.07 Å². The summed E-state index contributed by atoms with van der Waals surface area (Å²) in [5, 5.41) is 13.4. The Hall–Kier alpha value is -2.57. The molecule has 110 valence electrons. The molecule has 0 aliphatic rings. The van der Waals surface area contributed by atoms with Gasteiger partial charge in [0.05, 0.1) is 10.6 Å². The van der Waals surface area contributed by atoms with Crippen molar-refractivity contribution in [3.8, 4) is 0 Å². The molecule has 0 atom stereocenters. The van der Waals surface area contributed by atoms with Crippen molar-refractivity contribution in [3.63, 3.8) is 0 Å². The predicted molar refractivity (Wildman–Crippen MR) is 71.6 cm³/mol. The molecule has 0 saturated heterocycles. The van der Waals surface area contributed by atoms with E-state index in [1.54, 1.807) is 18.2 Å². The Bertz CT molecular complexity index is 677. The molecule has 1 N–H and O–H groups in total. The van der Waals surface area contributed by atoms with E-state index >= 15 is 0 Å². The third kappa shape index (κ3) is 3.31. The highest BCUT2D eigenvalue weighted by Gasteiger charge is 2.14. The quantitative estimate of drug-likeness (QED) is 0.520. The molecule has 2 aromatic carbocycles. The molecule has 0 amide bonds.